The summed E-state index contributed by atoms with van der Waals surface area (Å²) in [5, 5.41) is 0.894. The van der Waals surface area contributed by atoms with Crippen molar-refractivity contribution in [1.82, 2.24) is 14.4 Å². The second-order valence-corrected chi connectivity index (χ2v) is 6.03. The van der Waals surface area contributed by atoms with E-state index in [1.807, 2.05) is 61.6 Å². The van der Waals surface area contributed by atoms with Gasteiger partial charge in [0.05, 0.1) is 12.6 Å². The third-order valence-electron chi connectivity index (χ3n) is 4.26. The number of anilines is 1. The van der Waals surface area contributed by atoms with E-state index in [0.29, 0.717) is 11.3 Å². The Hall–Kier alpha value is -2.82. The fraction of sp³-hybridized carbons (Fsp3) is 0.158. The molecular formula is C19H26Cl2N4O5. The summed E-state index contributed by atoms with van der Waals surface area (Å²) in [6, 6.07) is 13.1. The molecule has 0 saturated carbocycles. The monoisotopic (exact) mass is 460 g/mol. The average molecular weight is 461 g/mol. The fourth-order valence-electron chi connectivity index (χ4n) is 3.19. The first-order chi connectivity index (χ1) is 12.1. The maximum Gasteiger partial charge on any atom is 0.248 e. The smallest absolute Gasteiger partial charge is 0.248 e. The minimum atomic E-state index is -0.161. The first kappa shape index (κ1) is 29.4. The summed E-state index contributed by atoms with van der Waals surface area (Å²) < 4.78 is 7.46. The number of hydrogen-bond acceptors (Lipinski definition) is 4. The van der Waals surface area contributed by atoms with Crippen molar-refractivity contribution >= 4 is 47.2 Å². The molecule has 0 radical (unpaired) electrons. The summed E-state index contributed by atoms with van der Waals surface area (Å²) in [7, 11) is 5.58. The quantitative estimate of drug-likeness (QED) is 0.488. The molecule has 0 spiro atoms. The molecule has 1 aromatic carbocycles. The number of rotatable bonds is 3. The van der Waals surface area contributed by atoms with Crippen LogP contribution in [0, 0.1) is 0 Å². The van der Waals surface area contributed by atoms with Gasteiger partial charge in [-0.25, -0.2) is 4.98 Å². The van der Waals surface area contributed by atoms with E-state index in [4.69, 9.17) is 9.72 Å². The number of halogens is 2. The second-order valence-electron chi connectivity index (χ2n) is 6.03. The van der Waals surface area contributed by atoms with Crippen LogP contribution < -0.4 is 15.2 Å². The molecule has 0 amide bonds. The minimum absolute atomic E-state index is 0. The molecule has 9 nitrogen and oxygen atoms in total. The van der Waals surface area contributed by atoms with Gasteiger partial charge in [-0.2, -0.15) is 0 Å². The maximum absolute atomic E-state index is 11.8. The number of benzene rings is 1. The third kappa shape index (κ3) is 4.66. The highest BCUT2D eigenvalue weighted by Crippen LogP contribution is 2.37. The van der Waals surface area contributed by atoms with Crippen LogP contribution in [0.2, 0.25) is 0 Å². The van der Waals surface area contributed by atoms with Crippen molar-refractivity contribution in [1.29, 1.82) is 0 Å². The molecule has 0 aliphatic carbocycles. The number of aromatic amines is 1. The summed E-state index contributed by atoms with van der Waals surface area (Å²) in [4.78, 5) is 21.5. The third-order valence-corrected chi connectivity index (χ3v) is 4.26. The Bertz CT molecular complexity index is 1160. The molecule has 0 bridgehead atoms. The highest BCUT2D eigenvalue weighted by atomic mass is 35.5. The Labute approximate surface area is 185 Å². The minimum Gasteiger partial charge on any atom is -0.495 e. The number of methoxy groups -OCH3 is 1. The van der Waals surface area contributed by atoms with Gasteiger partial charge in [0.15, 0.2) is 0 Å². The first-order valence-electron chi connectivity index (χ1n) is 7.95. The van der Waals surface area contributed by atoms with Crippen LogP contribution in [0.25, 0.3) is 27.8 Å². The number of H-pyrrole nitrogens is 1. The van der Waals surface area contributed by atoms with Gasteiger partial charge in [0, 0.05) is 37.3 Å². The largest absolute Gasteiger partial charge is 0.495 e. The first-order valence-corrected chi connectivity index (χ1v) is 7.95. The van der Waals surface area contributed by atoms with Crippen LogP contribution in [-0.4, -0.2) is 52.0 Å². The lowest BCUT2D eigenvalue weighted by Crippen LogP contribution is -2.12. The number of ether oxygens (including phenoxy) is 1. The Morgan fingerprint density at radius 2 is 1.70 bits per heavy atom. The van der Waals surface area contributed by atoms with Crippen molar-refractivity contribution in [2.45, 2.75) is 0 Å². The Kier molecular flexibility index (Phi) is 11.2. The second kappa shape index (κ2) is 11.4. The van der Waals surface area contributed by atoms with E-state index in [-0.39, 0.29) is 46.8 Å². The summed E-state index contributed by atoms with van der Waals surface area (Å²) in [5.41, 5.74) is 3.19. The van der Waals surface area contributed by atoms with Crippen molar-refractivity contribution in [2.24, 2.45) is 0 Å². The highest BCUT2D eigenvalue weighted by molar-refractivity contribution is 5.99. The number of nitrogens with one attached hydrogen (secondary N) is 1. The molecule has 0 fully saturated rings. The molecule has 0 unspecified atom stereocenters. The number of hydrogen-bond donors (Lipinski definition) is 1. The SMILES string of the molecule is COc1ccc(-c2nc3ccccn3c2N(C)C)c2ccc(=O)[nH]c12.Cl.Cl.O.O.O. The predicted octanol–water partition coefficient (Wildman–Crippen LogP) is 1.29. The van der Waals surface area contributed by atoms with E-state index in [1.54, 1.807) is 7.11 Å². The van der Waals surface area contributed by atoms with E-state index >= 15 is 0 Å². The Morgan fingerprint density at radius 3 is 2.33 bits per heavy atom. The Morgan fingerprint density at radius 1 is 1.00 bits per heavy atom. The van der Waals surface area contributed by atoms with E-state index in [1.165, 1.54) is 6.07 Å². The number of fused-ring (bicyclic) bond motifs is 2. The lowest BCUT2D eigenvalue weighted by Gasteiger charge is -2.15. The molecule has 3 heterocycles. The Balaban J connectivity index is 0. The van der Waals surface area contributed by atoms with Gasteiger partial charge in [-0.05, 0) is 30.3 Å². The van der Waals surface area contributed by atoms with Crippen molar-refractivity contribution in [3.8, 4) is 17.0 Å². The molecule has 3 aromatic heterocycles. The maximum atomic E-state index is 11.8. The summed E-state index contributed by atoms with van der Waals surface area (Å²) in [6.45, 7) is 0. The summed E-state index contributed by atoms with van der Waals surface area (Å²) in [6.07, 6.45) is 1.99. The summed E-state index contributed by atoms with van der Waals surface area (Å²) in [5.74, 6) is 1.61. The number of nitrogens with zero attached hydrogens (tertiary/aromatic N) is 3. The number of aromatic nitrogens is 3. The van der Waals surface area contributed by atoms with Crippen LogP contribution in [0.4, 0.5) is 5.82 Å². The van der Waals surface area contributed by atoms with E-state index in [0.717, 1.165) is 28.1 Å². The molecular weight excluding hydrogens is 435 g/mol. The highest BCUT2D eigenvalue weighted by Gasteiger charge is 2.19. The molecule has 0 saturated heterocycles. The summed E-state index contributed by atoms with van der Waals surface area (Å²) >= 11 is 0. The molecule has 4 aromatic rings. The average Bonchev–Trinajstić information content (AvgIpc) is 3.00. The zero-order chi connectivity index (χ0) is 17.6. The van der Waals surface area contributed by atoms with Gasteiger partial charge in [-0.15, -0.1) is 24.8 Å². The van der Waals surface area contributed by atoms with E-state index in [9.17, 15) is 4.79 Å². The van der Waals surface area contributed by atoms with Gasteiger partial charge in [0.1, 0.15) is 22.9 Å². The zero-order valence-corrected chi connectivity index (χ0v) is 18.2. The van der Waals surface area contributed by atoms with Crippen molar-refractivity contribution in [3.63, 3.8) is 0 Å². The molecule has 0 atom stereocenters. The van der Waals surface area contributed by atoms with Gasteiger partial charge >= 0.3 is 0 Å². The standard InChI is InChI=1S/C19H18N4O2.2ClH.3H2O/c1-22(2)19-18(20-15-6-4-5-11-23(15)19)13-7-9-14(25-3)17-12(13)8-10-16(24)21-17;;;;;/h4-11H,1-3H3,(H,21,24);2*1H;3*1H2. The van der Waals surface area contributed by atoms with Crippen molar-refractivity contribution in [3.05, 3.63) is 59.0 Å². The van der Waals surface area contributed by atoms with Crippen LogP contribution in [0.15, 0.2) is 53.5 Å². The van der Waals surface area contributed by atoms with Gasteiger partial charge < -0.3 is 31.0 Å². The van der Waals surface area contributed by atoms with Crippen LogP contribution >= 0.6 is 24.8 Å². The molecule has 30 heavy (non-hydrogen) atoms. The normalized spacial score (nSPS) is 9.30. The van der Waals surface area contributed by atoms with Gasteiger partial charge in [-0.3, -0.25) is 9.20 Å². The number of pyridine rings is 2. The predicted molar refractivity (Wildman–Crippen MR) is 125 cm³/mol. The fourth-order valence-corrected chi connectivity index (χ4v) is 3.19. The van der Waals surface area contributed by atoms with Crippen molar-refractivity contribution < 1.29 is 21.2 Å². The molecule has 166 valence electrons. The molecule has 0 aliphatic heterocycles. The van der Waals surface area contributed by atoms with Crippen LogP contribution in [0.5, 0.6) is 5.75 Å². The van der Waals surface area contributed by atoms with Crippen LogP contribution in [0.1, 0.15) is 0 Å². The van der Waals surface area contributed by atoms with E-state index in [2.05, 4.69) is 9.38 Å². The van der Waals surface area contributed by atoms with Gasteiger partial charge in [0.25, 0.3) is 0 Å². The topological polar surface area (TPSA) is 157 Å². The van der Waals surface area contributed by atoms with Gasteiger partial charge in [0.2, 0.25) is 5.56 Å². The molecule has 0 aliphatic rings. The molecule has 4 rings (SSSR count). The van der Waals surface area contributed by atoms with Crippen LogP contribution in [-0.2, 0) is 0 Å². The lowest BCUT2D eigenvalue weighted by atomic mass is 10.0. The van der Waals surface area contributed by atoms with Crippen molar-refractivity contribution in [2.75, 3.05) is 26.1 Å². The van der Waals surface area contributed by atoms with E-state index < -0.39 is 0 Å². The zero-order valence-electron chi connectivity index (χ0n) is 16.6. The molecule has 7 N–H and O–H groups in total. The lowest BCUT2D eigenvalue weighted by molar-refractivity contribution is 0.419. The van der Waals surface area contributed by atoms with Gasteiger partial charge in [-0.1, -0.05) is 6.07 Å². The number of imidazole rings is 1. The molecule has 11 heteroatoms. The van der Waals surface area contributed by atoms with Crippen LogP contribution in [0.3, 0.4) is 0 Å².